The van der Waals surface area contributed by atoms with Crippen LogP contribution in [0.2, 0.25) is 0 Å². The SMILES string of the molecule is CCC(C)n1ccc(COc2cc(Br)ccc2[C@H](C)O)n1. The first-order valence-electron chi connectivity index (χ1n) is 7.15. The molecule has 114 valence electrons. The third-order valence-corrected chi connectivity index (χ3v) is 4.00. The summed E-state index contributed by atoms with van der Waals surface area (Å²) in [4.78, 5) is 0. The molecule has 0 saturated carbocycles. The molecule has 21 heavy (non-hydrogen) atoms. The zero-order chi connectivity index (χ0) is 15.4. The number of aliphatic hydroxyl groups excluding tert-OH is 1. The molecule has 0 radical (unpaired) electrons. The van der Waals surface area contributed by atoms with Gasteiger partial charge in [0.25, 0.3) is 0 Å². The first kappa shape index (κ1) is 16.0. The van der Waals surface area contributed by atoms with Crippen LogP contribution in [0, 0.1) is 0 Å². The third kappa shape index (κ3) is 4.08. The van der Waals surface area contributed by atoms with E-state index in [1.807, 2.05) is 35.1 Å². The van der Waals surface area contributed by atoms with Gasteiger partial charge in [0.2, 0.25) is 0 Å². The molecule has 1 N–H and O–H groups in total. The van der Waals surface area contributed by atoms with Crippen molar-refractivity contribution in [1.29, 1.82) is 0 Å². The minimum atomic E-state index is -0.564. The van der Waals surface area contributed by atoms with Gasteiger partial charge in [0.1, 0.15) is 12.4 Å². The molecule has 5 heteroatoms. The molecule has 2 rings (SSSR count). The summed E-state index contributed by atoms with van der Waals surface area (Å²) in [5.74, 6) is 0.678. The zero-order valence-corrected chi connectivity index (χ0v) is 14.2. The molecule has 0 bridgehead atoms. The summed E-state index contributed by atoms with van der Waals surface area (Å²) in [6.07, 6.45) is 2.45. The fourth-order valence-electron chi connectivity index (χ4n) is 2.02. The van der Waals surface area contributed by atoms with E-state index in [1.165, 1.54) is 0 Å². The fourth-order valence-corrected chi connectivity index (χ4v) is 2.36. The topological polar surface area (TPSA) is 47.3 Å². The average molecular weight is 353 g/mol. The Labute approximate surface area is 133 Å². The van der Waals surface area contributed by atoms with Gasteiger partial charge >= 0.3 is 0 Å². The van der Waals surface area contributed by atoms with Crippen molar-refractivity contribution >= 4 is 15.9 Å². The van der Waals surface area contributed by atoms with E-state index in [-0.39, 0.29) is 0 Å². The predicted octanol–water partition coefficient (Wildman–Crippen LogP) is 4.25. The van der Waals surface area contributed by atoms with Crippen LogP contribution in [0.25, 0.3) is 0 Å². The summed E-state index contributed by atoms with van der Waals surface area (Å²) in [5, 5.41) is 14.3. The number of nitrogens with zero attached hydrogens (tertiary/aromatic N) is 2. The minimum absolute atomic E-state index is 0.387. The lowest BCUT2D eigenvalue weighted by atomic mass is 10.1. The quantitative estimate of drug-likeness (QED) is 0.845. The largest absolute Gasteiger partial charge is 0.487 e. The van der Waals surface area contributed by atoms with Crippen molar-refractivity contribution in [2.75, 3.05) is 0 Å². The van der Waals surface area contributed by atoms with E-state index >= 15 is 0 Å². The highest BCUT2D eigenvalue weighted by Gasteiger charge is 2.11. The van der Waals surface area contributed by atoms with Crippen LogP contribution in [-0.4, -0.2) is 14.9 Å². The van der Waals surface area contributed by atoms with Gasteiger partial charge in [-0.3, -0.25) is 4.68 Å². The van der Waals surface area contributed by atoms with Crippen LogP contribution in [0.15, 0.2) is 34.9 Å². The van der Waals surface area contributed by atoms with E-state index in [4.69, 9.17) is 4.74 Å². The molecule has 0 saturated heterocycles. The second-order valence-electron chi connectivity index (χ2n) is 5.19. The van der Waals surface area contributed by atoms with Crippen molar-refractivity contribution in [3.05, 3.63) is 46.2 Å². The van der Waals surface area contributed by atoms with Crippen molar-refractivity contribution in [2.24, 2.45) is 0 Å². The maximum absolute atomic E-state index is 9.79. The number of ether oxygens (including phenoxy) is 1. The summed E-state index contributed by atoms with van der Waals surface area (Å²) in [5.41, 5.74) is 1.66. The average Bonchev–Trinajstić information content (AvgIpc) is 2.93. The first-order chi connectivity index (χ1) is 10.0. The highest BCUT2D eigenvalue weighted by atomic mass is 79.9. The highest BCUT2D eigenvalue weighted by Crippen LogP contribution is 2.29. The number of benzene rings is 1. The van der Waals surface area contributed by atoms with E-state index in [2.05, 4.69) is 34.9 Å². The Kier molecular flexibility index (Phi) is 5.42. The normalized spacial score (nSPS) is 14.0. The molecule has 1 unspecified atom stereocenters. The molecule has 0 aliphatic carbocycles. The first-order valence-corrected chi connectivity index (χ1v) is 7.95. The molecular formula is C16H21BrN2O2. The number of halogens is 1. The summed E-state index contributed by atoms with van der Waals surface area (Å²) in [6.45, 7) is 6.39. The summed E-state index contributed by atoms with van der Waals surface area (Å²) in [7, 11) is 0. The Balaban J connectivity index is 2.09. The van der Waals surface area contributed by atoms with Gasteiger partial charge in [0, 0.05) is 22.3 Å². The van der Waals surface area contributed by atoms with Crippen LogP contribution < -0.4 is 4.74 Å². The molecule has 4 nitrogen and oxygen atoms in total. The molecule has 0 aliphatic rings. The molecule has 1 aromatic carbocycles. The van der Waals surface area contributed by atoms with Gasteiger partial charge in [-0.2, -0.15) is 5.10 Å². The Morgan fingerprint density at radius 3 is 2.76 bits per heavy atom. The van der Waals surface area contributed by atoms with Crippen LogP contribution in [0.4, 0.5) is 0 Å². The molecule has 1 heterocycles. The molecule has 2 aromatic rings. The molecular weight excluding hydrogens is 332 g/mol. The van der Waals surface area contributed by atoms with E-state index in [0.717, 1.165) is 22.2 Å². The van der Waals surface area contributed by atoms with Crippen molar-refractivity contribution in [2.45, 2.75) is 45.9 Å². The van der Waals surface area contributed by atoms with Gasteiger partial charge < -0.3 is 9.84 Å². The van der Waals surface area contributed by atoms with Gasteiger partial charge in [-0.25, -0.2) is 0 Å². The smallest absolute Gasteiger partial charge is 0.132 e. The van der Waals surface area contributed by atoms with Gasteiger partial charge in [-0.05, 0) is 38.5 Å². The van der Waals surface area contributed by atoms with Gasteiger partial charge in [-0.15, -0.1) is 0 Å². The highest BCUT2D eigenvalue weighted by molar-refractivity contribution is 9.10. The Morgan fingerprint density at radius 1 is 1.33 bits per heavy atom. The second kappa shape index (κ2) is 7.09. The zero-order valence-electron chi connectivity index (χ0n) is 12.6. The molecule has 2 atom stereocenters. The number of hydrogen-bond acceptors (Lipinski definition) is 3. The van der Waals surface area contributed by atoms with Crippen molar-refractivity contribution in [3.63, 3.8) is 0 Å². The number of aliphatic hydroxyl groups is 1. The van der Waals surface area contributed by atoms with E-state index in [1.54, 1.807) is 6.92 Å². The lowest BCUT2D eigenvalue weighted by Gasteiger charge is -2.13. The molecule has 0 amide bonds. The maximum Gasteiger partial charge on any atom is 0.132 e. The summed E-state index contributed by atoms with van der Waals surface area (Å²) < 4.78 is 8.70. The van der Waals surface area contributed by atoms with Crippen LogP contribution >= 0.6 is 15.9 Å². The second-order valence-corrected chi connectivity index (χ2v) is 6.11. The Bertz CT molecular complexity index is 596. The van der Waals surface area contributed by atoms with Gasteiger partial charge in [0.05, 0.1) is 11.8 Å². The molecule has 1 aromatic heterocycles. The Morgan fingerprint density at radius 2 is 2.10 bits per heavy atom. The van der Waals surface area contributed by atoms with Crippen molar-refractivity contribution in [3.8, 4) is 5.75 Å². The predicted molar refractivity (Wildman–Crippen MR) is 86.3 cm³/mol. The molecule has 0 spiro atoms. The maximum atomic E-state index is 9.79. The van der Waals surface area contributed by atoms with E-state index in [9.17, 15) is 5.11 Å². The van der Waals surface area contributed by atoms with E-state index < -0.39 is 6.10 Å². The van der Waals surface area contributed by atoms with Crippen LogP contribution in [-0.2, 0) is 6.61 Å². The lowest BCUT2D eigenvalue weighted by Crippen LogP contribution is -2.06. The van der Waals surface area contributed by atoms with Crippen LogP contribution in [0.5, 0.6) is 5.75 Å². The molecule has 0 fully saturated rings. The lowest BCUT2D eigenvalue weighted by molar-refractivity contribution is 0.189. The van der Waals surface area contributed by atoms with Crippen molar-refractivity contribution < 1.29 is 9.84 Å². The molecule has 0 aliphatic heterocycles. The van der Waals surface area contributed by atoms with Crippen LogP contribution in [0.1, 0.15) is 50.6 Å². The standard InChI is InChI=1S/C16H21BrN2O2/c1-4-11(2)19-8-7-14(18-19)10-21-16-9-13(17)5-6-15(16)12(3)20/h5-9,11-12,20H,4,10H2,1-3H3/t11?,12-/m0/s1. The Hall–Kier alpha value is -1.33. The number of rotatable bonds is 6. The van der Waals surface area contributed by atoms with Crippen molar-refractivity contribution in [1.82, 2.24) is 9.78 Å². The summed E-state index contributed by atoms with van der Waals surface area (Å²) in [6, 6.07) is 7.98. The minimum Gasteiger partial charge on any atom is -0.487 e. The van der Waals surface area contributed by atoms with Gasteiger partial charge in [0.15, 0.2) is 0 Å². The third-order valence-electron chi connectivity index (χ3n) is 3.51. The summed E-state index contributed by atoms with van der Waals surface area (Å²) >= 11 is 3.42. The number of aromatic nitrogens is 2. The van der Waals surface area contributed by atoms with E-state index in [0.29, 0.717) is 18.4 Å². The monoisotopic (exact) mass is 352 g/mol. The van der Waals surface area contributed by atoms with Crippen LogP contribution in [0.3, 0.4) is 0 Å². The fraction of sp³-hybridized carbons (Fsp3) is 0.438. The number of hydrogen-bond donors (Lipinski definition) is 1. The van der Waals surface area contributed by atoms with Gasteiger partial charge in [-0.1, -0.05) is 28.9 Å².